The highest BCUT2D eigenvalue weighted by Gasteiger charge is 2.21. The lowest BCUT2D eigenvalue weighted by Gasteiger charge is -2.24. The van der Waals surface area contributed by atoms with Crippen molar-refractivity contribution in [3.63, 3.8) is 0 Å². The Hall–Kier alpha value is -0.820. The predicted molar refractivity (Wildman–Crippen MR) is 57.7 cm³/mol. The minimum atomic E-state index is 0.256. The fourth-order valence-electron chi connectivity index (χ4n) is 1.71. The van der Waals surface area contributed by atoms with E-state index in [0.29, 0.717) is 17.4 Å². The van der Waals surface area contributed by atoms with Gasteiger partial charge in [-0.15, -0.1) is 0 Å². The lowest BCUT2D eigenvalue weighted by molar-refractivity contribution is 0.0936. The van der Waals surface area contributed by atoms with Gasteiger partial charge in [0.15, 0.2) is 5.78 Å². The first-order chi connectivity index (χ1) is 6.75. The Morgan fingerprint density at radius 3 is 2.43 bits per heavy atom. The van der Waals surface area contributed by atoms with Crippen LogP contribution in [0.5, 0.6) is 0 Å². The topological polar surface area (TPSA) is 17.1 Å². The van der Waals surface area contributed by atoms with Crippen molar-refractivity contribution in [2.24, 2.45) is 5.92 Å². The van der Waals surface area contributed by atoms with Crippen molar-refractivity contribution in [2.75, 3.05) is 0 Å². The van der Waals surface area contributed by atoms with Crippen molar-refractivity contribution in [1.82, 2.24) is 0 Å². The second-order valence-corrected chi connectivity index (χ2v) is 4.37. The van der Waals surface area contributed by atoms with Crippen LogP contribution < -0.4 is 0 Å². The standard InChI is InChI=1S/C12H13ClO/c13-11-6-4-10(5-7-11)12(14)8-9-2-1-3-9/h4-7,9H,1-3,8H2. The summed E-state index contributed by atoms with van der Waals surface area (Å²) in [5.74, 6) is 0.893. The van der Waals surface area contributed by atoms with Gasteiger partial charge in [-0.1, -0.05) is 30.9 Å². The third kappa shape index (κ3) is 2.16. The zero-order valence-electron chi connectivity index (χ0n) is 8.00. The first kappa shape index (κ1) is 9.72. The van der Waals surface area contributed by atoms with E-state index in [1.54, 1.807) is 12.1 Å². The molecule has 2 heteroatoms. The molecule has 1 fully saturated rings. The molecule has 74 valence electrons. The minimum absolute atomic E-state index is 0.256. The molecule has 0 radical (unpaired) electrons. The summed E-state index contributed by atoms with van der Waals surface area (Å²) in [7, 11) is 0. The van der Waals surface area contributed by atoms with Gasteiger partial charge in [-0.3, -0.25) is 4.79 Å². The number of carbonyl (C=O) groups excluding carboxylic acids is 1. The van der Waals surface area contributed by atoms with Gasteiger partial charge in [-0.05, 0) is 30.2 Å². The Labute approximate surface area is 89.1 Å². The average Bonchev–Trinajstić information content (AvgIpc) is 2.12. The normalized spacial score (nSPS) is 16.4. The van der Waals surface area contributed by atoms with E-state index >= 15 is 0 Å². The summed E-state index contributed by atoms with van der Waals surface area (Å²) in [6.07, 6.45) is 4.44. The van der Waals surface area contributed by atoms with E-state index in [4.69, 9.17) is 11.6 Å². The Balaban J connectivity index is 1.99. The number of halogens is 1. The molecule has 0 spiro atoms. The van der Waals surface area contributed by atoms with Crippen molar-refractivity contribution in [1.29, 1.82) is 0 Å². The number of rotatable bonds is 3. The van der Waals surface area contributed by atoms with Crippen LogP contribution in [-0.2, 0) is 0 Å². The van der Waals surface area contributed by atoms with Crippen molar-refractivity contribution in [3.05, 3.63) is 34.9 Å². The van der Waals surface area contributed by atoms with Gasteiger partial charge < -0.3 is 0 Å². The first-order valence-electron chi connectivity index (χ1n) is 5.04. The van der Waals surface area contributed by atoms with Gasteiger partial charge in [0.05, 0.1) is 0 Å². The molecule has 1 aromatic rings. The van der Waals surface area contributed by atoms with Crippen LogP contribution in [0, 0.1) is 5.92 Å². The van der Waals surface area contributed by atoms with Gasteiger partial charge in [0.2, 0.25) is 0 Å². The highest BCUT2D eigenvalue weighted by molar-refractivity contribution is 6.30. The molecule has 0 saturated heterocycles. The van der Waals surface area contributed by atoms with Gasteiger partial charge >= 0.3 is 0 Å². The van der Waals surface area contributed by atoms with Crippen molar-refractivity contribution < 1.29 is 4.79 Å². The molecule has 0 bridgehead atoms. The number of hydrogen-bond donors (Lipinski definition) is 0. The lowest BCUT2D eigenvalue weighted by atomic mass is 9.81. The van der Waals surface area contributed by atoms with Gasteiger partial charge in [-0.25, -0.2) is 0 Å². The second-order valence-electron chi connectivity index (χ2n) is 3.93. The zero-order valence-corrected chi connectivity index (χ0v) is 8.76. The maximum Gasteiger partial charge on any atom is 0.163 e. The smallest absolute Gasteiger partial charge is 0.163 e. The largest absolute Gasteiger partial charge is 0.294 e. The molecule has 1 aromatic carbocycles. The van der Waals surface area contributed by atoms with E-state index in [1.807, 2.05) is 12.1 Å². The Kier molecular flexibility index (Phi) is 2.87. The summed E-state index contributed by atoms with van der Waals surface area (Å²) >= 11 is 5.75. The van der Waals surface area contributed by atoms with Crippen LogP contribution in [0.4, 0.5) is 0 Å². The molecule has 0 heterocycles. The third-order valence-electron chi connectivity index (χ3n) is 2.87. The molecule has 0 N–H and O–H groups in total. The Morgan fingerprint density at radius 2 is 1.93 bits per heavy atom. The predicted octanol–water partition coefficient (Wildman–Crippen LogP) is 3.71. The highest BCUT2D eigenvalue weighted by atomic mass is 35.5. The van der Waals surface area contributed by atoms with Crippen LogP contribution in [0.1, 0.15) is 36.0 Å². The van der Waals surface area contributed by atoms with E-state index in [9.17, 15) is 4.79 Å². The number of ketones is 1. The fraction of sp³-hybridized carbons (Fsp3) is 0.417. The lowest BCUT2D eigenvalue weighted by Crippen LogP contribution is -2.15. The molecule has 0 aromatic heterocycles. The third-order valence-corrected chi connectivity index (χ3v) is 3.12. The van der Waals surface area contributed by atoms with Crippen LogP contribution in [0.25, 0.3) is 0 Å². The van der Waals surface area contributed by atoms with Crippen LogP contribution in [0.15, 0.2) is 24.3 Å². The van der Waals surface area contributed by atoms with E-state index in [-0.39, 0.29) is 5.78 Å². The Bertz CT molecular complexity index is 325. The molecule has 0 aliphatic heterocycles. The molecular weight excluding hydrogens is 196 g/mol. The molecule has 2 rings (SSSR count). The number of hydrogen-bond acceptors (Lipinski definition) is 1. The summed E-state index contributed by atoms with van der Waals surface area (Å²) in [6.45, 7) is 0. The van der Waals surface area contributed by atoms with Crippen molar-refractivity contribution in [3.8, 4) is 0 Å². The summed E-state index contributed by atoms with van der Waals surface area (Å²) in [6, 6.07) is 7.16. The van der Waals surface area contributed by atoms with E-state index in [0.717, 1.165) is 5.56 Å². The summed E-state index contributed by atoms with van der Waals surface area (Å²) in [5, 5.41) is 0.685. The van der Waals surface area contributed by atoms with Gasteiger partial charge in [0.1, 0.15) is 0 Å². The molecule has 1 saturated carbocycles. The van der Waals surface area contributed by atoms with Crippen LogP contribution in [0.2, 0.25) is 5.02 Å². The second kappa shape index (κ2) is 4.14. The van der Waals surface area contributed by atoms with Crippen molar-refractivity contribution in [2.45, 2.75) is 25.7 Å². The molecule has 1 nitrogen and oxygen atoms in total. The molecule has 0 amide bonds. The van der Waals surface area contributed by atoms with Gasteiger partial charge in [0, 0.05) is 17.0 Å². The monoisotopic (exact) mass is 208 g/mol. The highest BCUT2D eigenvalue weighted by Crippen LogP contribution is 2.30. The quantitative estimate of drug-likeness (QED) is 0.692. The van der Waals surface area contributed by atoms with Gasteiger partial charge in [-0.2, -0.15) is 0 Å². The number of carbonyl (C=O) groups is 1. The maximum atomic E-state index is 11.7. The van der Waals surface area contributed by atoms with E-state index < -0.39 is 0 Å². The maximum absolute atomic E-state index is 11.7. The zero-order chi connectivity index (χ0) is 9.97. The van der Waals surface area contributed by atoms with E-state index in [2.05, 4.69) is 0 Å². The Morgan fingerprint density at radius 1 is 1.29 bits per heavy atom. The average molecular weight is 209 g/mol. The van der Waals surface area contributed by atoms with Crippen molar-refractivity contribution >= 4 is 17.4 Å². The molecule has 0 unspecified atom stereocenters. The van der Waals surface area contributed by atoms with Crippen LogP contribution >= 0.6 is 11.6 Å². The van der Waals surface area contributed by atoms with E-state index in [1.165, 1.54) is 19.3 Å². The molecule has 0 atom stereocenters. The first-order valence-corrected chi connectivity index (χ1v) is 5.42. The summed E-state index contributed by atoms with van der Waals surface area (Å²) in [5.41, 5.74) is 0.793. The summed E-state index contributed by atoms with van der Waals surface area (Å²) in [4.78, 5) is 11.7. The number of benzene rings is 1. The molecule has 14 heavy (non-hydrogen) atoms. The van der Waals surface area contributed by atoms with Crippen LogP contribution in [-0.4, -0.2) is 5.78 Å². The summed E-state index contributed by atoms with van der Waals surface area (Å²) < 4.78 is 0. The fourth-order valence-corrected chi connectivity index (χ4v) is 1.84. The molecule has 1 aliphatic rings. The molecular formula is C12H13ClO. The molecule has 1 aliphatic carbocycles. The van der Waals surface area contributed by atoms with Gasteiger partial charge in [0.25, 0.3) is 0 Å². The van der Waals surface area contributed by atoms with Crippen LogP contribution in [0.3, 0.4) is 0 Å². The number of Topliss-reactive ketones (excluding diaryl/α,β-unsaturated/α-hetero) is 1. The SMILES string of the molecule is O=C(CC1CCC1)c1ccc(Cl)cc1. The minimum Gasteiger partial charge on any atom is -0.294 e.